The van der Waals surface area contributed by atoms with Crippen LogP contribution in [0.2, 0.25) is 0 Å². The van der Waals surface area contributed by atoms with Gasteiger partial charge in [0.25, 0.3) is 0 Å². The highest BCUT2D eigenvalue weighted by atomic mass is 16.4. The molecule has 0 saturated carbocycles. The van der Waals surface area contributed by atoms with Crippen molar-refractivity contribution in [1.29, 1.82) is 0 Å². The fraction of sp³-hybridized carbons (Fsp3) is 0.667. The summed E-state index contributed by atoms with van der Waals surface area (Å²) in [5.41, 5.74) is 0. The lowest BCUT2D eigenvalue weighted by Gasteiger charge is -1.94. The van der Waals surface area contributed by atoms with Gasteiger partial charge in [-0.2, -0.15) is 4.80 Å². The highest BCUT2D eigenvalue weighted by Gasteiger charge is 1.99. The summed E-state index contributed by atoms with van der Waals surface area (Å²) < 4.78 is 0. The van der Waals surface area contributed by atoms with E-state index in [2.05, 4.69) is 15.4 Å². The van der Waals surface area contributed by atoms with E-state index in [1.165, 1.54) is 4.80 Å². The number of hydrogen-bond donors (Lipinski definition) is 1. The molecule has 1 heterocycles. The predicted molar refractivity (Wildman–Crippen MR) is 39.4 cm³/mol. The Bertz CT molecular complexity index is 270. The van der Waals surface area contributed by atoms with Gasteiger partial charge in [0.05, 0.1) is 6.54 Å². The Morgan fingerprint density at radius 1 is 1.67 bits per heavy atom. The Kier molecular flexibility index (Phi) is 2.73. The molecule has 1 N–H and O–H groups in total. The number of tetrazole rings is 1. The number of nitrogens with zero attached hydrogens (tertiary/aromatic N) is 4. The lowest BCUT2D eigenvalue weighted by atomic mass is 10.3. The molecule has 0 aliphatic carbocycles. The molecule has 6 heteroatoms. The molecule has 0 aliphatic heterocycles. The van der Waals surface area contributed by atoms with Gasteiger partial charge < -0.3 is 5.11 Å². The molecule has 12 heavy (non-hydrogen) atoms. The lowest BCUT2D eigenvalue weighted by molar-refractivity contribution is -0.137. The number of aromatic nitrogens is 4. The van der Waals surface area contributed by atoms with Crippen molar-refractivity contribution in [1.82, 2.24) is 20.2 Å². The van der Waals surface area contributed by atoms with Gasteiger partial charge in [0.1, 0.15) is 0 Å². The molecule has 0 spiro atoms. The topological polar surface area (TPSA) is 80.9 Å². The molecule has 0 aromatic carbocycles. The van der Waals surface area contributed by atoms with Crippen molar-refractivity contribution in [3.8, 4) is 0 Å². The van der Waals surface area contributed by atoms with Gasteiger partial charge in [-0.25, -0.2) is 0 Å². The minimum absolute atomic E-state index is 0.139. The van der Waals surface area contributed by atoms with E-state index in [9.17, 15) is 4.79 Å². The minimum Gasteiger partial charge on any atom is -0.481 e. The molecule has 0 bridgehead atoms. The summed E-state index contributed by atoms with van der Waals surface area (Å²) in [6, 6.07) is 0. The third-order valence-electron chi connectivity index (χ3n) is 1.30. The van der Waals surface area contributed by atoms with Gasteiger partial charge in [0, 0.05) is 6.42 Å². The molecule has 66 valence electrons. The fourth-order valence-electron chi connectivity index (χ4n) is 0.790. The molecule has 0 amide bonds. The first-order chi connectivity index (χ1) is 5.68. The average Bonchev–Trinajstić information content (AvgIpc) is 2.35. The van der Waals surface area contributed by atoms with Gasteiger partial charge in [-0.05, 0) is 18.6 Å². The smallest absolute Gasteiger partial charge is 0.303 e. The second-order valence-electron chi connectivity index (χ2n) is 2.43. The molecule has 1 aromatic heterocycles. The predicted octanol–water partition coefficient (Wildman–Crippen LogP) is -0.154. The molecule has 1 rings (SSSR count). The van der Waals surface area contributed by atoms with Crippen LogP contribution in [-0.4, -0.2) is 31.3 Å². The second-order valence-corrected chi connectivity index (χ2v) is 2.43. The first-order valence-electron chi connectivity index (χ1n) is 3.64. The van der Waals surface area contributed by atoms with Crippen LogP contribution in [0.25, 0.3) is 0 Å². The zero-order valence-corrected chi connectivity index (χ0v) is 6.77. The van der Waals surface area contributed by atoms with Crippen molar-refractivity contribution in [3.05, 3.63) is 5.82 Å². The van der Waals surface area contributed by atoms with Crippen LogP contribution < -0.4 is 0 Å². The first-order valence-corrected chi connectivity index (χ1v) is 3.64. The molecule has 0 atom stereocenters. The zero-order chi connectivity index (χ0) is 8.97. The SMILES string of the molecule is Cc1nnn(CCCC(=O)O)n1. The quantitative estimate of drug-likeness (QED) is 0.679. The maximum atomic E-state index is 10.1. The molecule has 0 saturated heterocycles. The van der Waals surface area contributed by atoms with Crippen molar-refractivity contribution in [2.75, 3.05) is 0 Å². The summed E-state index contributed by atoms with van der Waals surface area (Å²) >= 11 is 0. The van der Waals surface area contributed by atoms with Gasteiger partial charge in [0.2, 0.25) is 0 Å². The molecule has 0 radical (unpaired) electrons. The second kappa shape index (κ2) is 3.80. The Balaban J connectivity index is 2.29. The van der Waals surface area contributed by atoms with Gasteiger partial charge in [-0.15, -0.1) is 10.2 Å². The maximum Gasteiger partial charge on any atom is 0.303 e. The van der Waals surface area contributed by atoms with Crippen molar-refractivity contribution >= 4 is 5.97 Å². The van der Waals surface area contributed by atoms with E-state index in [0.29, 0.717) is 18.8 Å². The van der Waals surface area contributed by atoms with Crippen LogP contribution in [0, 0.1) is 6.92 Å². The van der Waals surface area contributed by atoms with Crippen molar-refractivity contribution < 1.29 is 9.90 Å². The van der Waals surface area contributed by atoms with Crippen molar-refractivity contribution in [2.24, 2.45) is 0 Å². The Morgan fingerprint density at radius 2 is 2.42 bits per heavy atom. The summed E-state index contributed by atoms with van der Waals surface area (Å²) in [6.07, 6.45) is 0.672. The molecule has 0 unspecified atom stereocenters. The first kappa shape index (κ1) is 8.63. The van der Waals surface area contributed by atoms with Crippen LogP contribution in [-0.2, 0) is 11.3 Å². The number of carboxylic acids is 1. The Hall–Kier alpha value is -1.46. The van der Waals surface area contributed by atoms with Gasteiger partial charge in [-0.1, -0.05) is 0 Å². The summed E-state index contributed by atoms with van der Waals surface area (Å²) in [5, 5.41) is 19.6. The normalized spacial score (nSPS) is 10.1. The third-order valence-corrected chi connectivity index (χ3v) is 1.30. The molecular weight excluding hydrogens is 160 g/mol. The average molecular weight is 170 g/mol. The van der Waals surface area contributed by atoms with Crippen LogP contribution in [0.5, 0.6) is 0 Å². The summed E-state index contributed by atoms with van der Waals surface area (Å²) in [4.78, 5) is 11.5. The van der Waals surface area contributed by atoms with Crippen LogP contribution in [0.1, 0.15) is 18.7 Å². The molecule has 6 nitrogen and oxygen atoms in total. The lowest BCUT2D eigenvalue weighted by Crippen LogP contribution is -2.05. The zero-order valence-electron chi connectivity index (χ0n) is 6.77. The van der Waals surface area contributed by atoms with E-state index in [-0.39, 0.29) is 6.42 Å². The van der Waals surface area contributed by atoms with E-state index in [4.69, 9.17) is 5.11 Å². The fourth-order valence-corrected chi connectivity index (χ4v) is 0.790. The summed E-state index contributed by atoms with van der Waals surface area (Å²) in [7, 11) is 0. The monoisotopic (exact) mass is 170 g/mol. The van der Waals surface area contributed by atoms with Crippen LogP contribution in [0.15, 0.2) is 0 Å². The van der Waals surface area contributed by atoms with Gasteiger partial charge >= 0.3 is 5.97 Å². The van der Waals surface area contributed by atoms with E-state index >= 15 is 0 Å². The number of aryl methyl sites for hydroxylation is 2. The van der Waals surface area contributed by atoms with Crippen LogP contribution >= 0.6 is 0 Å². The summed E-state index contributed by atoms with van der Waals surface area (Å²) in [6.45, 7) is 2.24. The van der Waals surface area contributed by atoms with E-state index in [1.807, 2.05) is 0 Å². The number of rotatable bonds is 4. The van der Waals surface area contributed by atoms with Gasteiger partial charge in [0.15, 0.2) is 5.82 Å². The third kappa shape index (κ3) is 2.65. The van der Waals surface area contributed by atoms with E-state index in [1.54, 1.807) is 6.92 Å². The highest BCUT2D eigenvalue weighted by Crippen LogP contribution is 1.92. The number of carboxylic acid groups (broad SMARTS) is 1. The molecular formula is C6H10N4O2. The van der Waals surface area contributed by atoms with E-state index < -0.39 is 5.97 Å². The van der Waals surface area contributed by atoms with Crippen LogP contribution in [0.3, 0.4) is 0 Å². The van der Waals surface area contributed by atoms with Crippen molar-refractivity contribution in [2.45, 2.75) is 26.3 Å². The standard InChI is InChI=1S/C6H10N4O2/c1-5-7-9-10(8-5)4-2-3-6(11)12/h2-4H2,1H3,(H,11,12). The summed E-state index contributed by atoms with van der Waals surface area (Å²) in [5.74, 6) is -0.197. The molecule has 0 fully saturated rings. The van der Waals surface area contributed by atoms with Crippen molar-refractivity contribution in [3.63, 3.8) is 0 Å². The largest absolute Gasteiger partial charge is 0.481 e. The number of carbonyl (C=O) groups is 1. The maximum absolute atomic E-state index is 10.1. The minimum atomic E-state index is -0.799. The van der Waals surface area contributed by atoms with Crippen LogP contribution in [0.4, 0.5) is 0 Å². The van der Waals surface area contributed by atoms with E-state index in [0.717, 1.165) is 0 Å². The highest BCUT2D eigenvalue weighted by molar-refractivity contribution is 5.66. The molecule has 1 aromatic rings. The number of hydrogen-bond acceptors (Lipinski definition) is 4. The number of aliphatic carboxylic acids is 1. The Morgan fingerprint density at radius 3 is 2.92 bits per heavy atom. The van der Waals surface area contributed by atoms with Gasteiger partial charge in [-0.3, -0.25) is 4.79 Å². The molecule has 0 aliphatic rings. The Labute approximate surface area is 69.2 Å².